The van der Waals surface area contributed by atoms with Crippen molar-refractivity contribution in [2.24, 2.45) is 17.8 Å². The fourth-order valence-electron chi connectivity index (χ4n) is 6.57. The number of benzene rings is 2. The van der Waals surface area contributed by atoms with Crippen LogP contribution in [0.1, 0.15) is 86.7 Å². The van der Waals surface area contributed by atoms with Crippen molar-refractivity contribution in [3.8, 4) is 0 Å². The molecule has 0 spiro atoms. The number of ether oxygens (including phenoxy) is 1. The average Bonchev–Trinajstić information content (AvgIpc) is 3.55. The summed E-state index contributed by atoms with van der Waals surface area (Å²) < 4.78 is 5.33. The molecule has 0 radical (unpaired) electrons. The summed E-state index contributed by atoms with van der Waals surface area (Å²) in [6, 6.07) is 15.7. The smallest absolute Gasteiger partial charge is 0.407 e. The van der Waals surface area contributed by atoms with E-state index in [2.05, 4.69) is 22.8 Å². The molecule has 5 rings (SSSR count). The molecule has 1 aliphatic heterocycles. The van der Waals surface area contributed by atoms with Gasteiger partial charge in [0.25, 0.3) is 5.91 Å². The van der Waals surface area contributed by atoms with Gasteiger partial charge in [-0.15, -0.1) is 0 Å². The zero-order valence-electron chi connectivity index (χ0n) is 23.4. The lowest BCUT2D eigenvalue weighted by Gasteiger charge is -2.32. The maximum atomic E-state index is 13.3. The SMILES string of the molecule is CC(C)(C)OC(=O)NCc1cccc(C2CCN(C(=O)c3cccc(NC(=O)C4CC5CCC4C5)c3)CC2)c1. The summed E-state index contributed by atoms with van der Waals surface area (Å²) in [6.07, 6.45) is 5.99. The topological polar surface area (TPSA) is 87.7 Å². The van der Waals surface area contributed by atoms with Gasteiger partial charge in [-0.25, -0.2) is 4.79 Å². The van der Waals surface area contributed by atoms with Crippen molar-refractivity contribution in [2.45, 2.75) is 77.4 Å². The third kappa shape index (κ3) is 6.81. The molecule has 3 amide bonds. The van der Waals surface area contributed by atoms with E-state index in [1.807, 2.05) is 62.1 Å². The highest BCUT2D eigenvalue weighted by Gasteiger charge is 2.43. The first-order valence-electron chi connectivity index (χ1n) is 14.4. The lowest BCUT2D eigenvalue weighted by molar-refractivity contribution is -0.121. The molecule has 7 heteroatoms. The summed E-state index contributed by atoms with van der Waals surface area (Å²) in [4.78, 5) is 40.1. The van der Waals surface area contributed by atoms with Crippen LogP contribution in [0.15, 0.2) is 48.5 Å². The van der Waals surface area contributed by atoms with E-state index in [-0.39, 0.29) is 17.7 Å². The highest BCUT2D eigenvalue weighted by Crippen LogP contribution is 2.48. The van der Waals surface area contributed by atoms with Gasteiger partial charge in [0.2, 0.25) is 5.91 Å². The zero-order valence-corrected chi connectivity index (χ0v) is 23.4. The van der Waals surface area contributed by atoms with E-state index in [9.17, 15) is 14.4 Å². The second-order valence-electron chi connectivity index (χ2n) is 12.5. The molecule has 3 aliphatic rings. The molecule has 1 heterocycles. The number of anilines is 1. The van der Waals surface area contributed by atoms with Gasteiger partial charge in [0.15, 0.2) is 0 Å². The quantitative estimate of drug-likeness (QED) is 0.471. The van der Waals surface area contributed by atoms with Crippen LogP contribution in [-0.4, -0.2) is 41.5 Å². The summed E-state index contributed by atoms with van der Waals surface area (Å²) in [5, 5.41) is 5.91. The molecule has 2 aliphatic carbocycles. The summed E-state index contributed by atoms with van der Waals surface area (Å²) in [6.45, 7) is 7.32. The van der Waals surface area contributed by atoms with Gasteiger partial charge < -0.3 is 20.3 Å². The minimum atomic E-state index is -0.526. The predicted octanol–water partition coefficient (Wildman–Crippen LogP) is 6.11. The maximum Gasteiger partial charge on any atom is 0.407 e. The van der Waals surface area contributed by atoms with Crippen LogP contribution in [0.3, 0.4) is 0 Å². The maximum absolute atomic E-state index is 13.3. The van der Waals surface area contributed by atoms with Crippen molar-refractivity contribution in [1.82, 2.24) is 10.2 Å². The van der Waals surface area contributed by atoms with Crippen LogP contribution >= 0.6 is 0 Å². The lowest BCUT2D eigenvalue weighted by atomic mass is 9.88. The normalized spacial score (nSPS) is 22.9. The van der Waals surface area contributed by atoms with E-state index in [4.69, 9.17) is 4.74 Å². The third-order valence-electron chi connectivity index (χ3n) is 8.49. The number of nitrogens with zero attached hydrogens (tertiary/aromatic N) is 1. The van der Waals surface area contributed by atoms with Gasteiger partial charge in [-0.05, 0) is 100.0 Å². The Labute approximate surface area is 231 Å². The van der Waals surface area contributed by atoms with Gasteiger partial charge >= 0.3 is 6.09 Å². The Balaban J connectivity index is 1.13. The number of nitrogens with one attached hydrogen (secondary N) is 2. The first-order valence-corrected chi connectivity index (χ1v) is 14.4. The molecule has 2 N–H and O–H groups in total. The van der Waals surface area contributed by atoms with E-state index in [0.29, 0.717) is 42.7 Å². The Morgan fingerprint density at radius 3 is 2.41 bits per heavy atom. The number of hydrogen-bond acceptors (Lipinski definition) is 4. The molecule has 2 aromatic carbocycles. The monoisotopic (exact) mass is 531 g/mol. The second-order valence-corrected chi connectivity index (χ2v) is 12.5. The molecule has 2 saturated carbocycles. The minimum absolute atomic E-state index is 0.0137. The van der Waals surface area contributed by atoms with Gasteiger partial charge in [0, 0.05) is 36.8 Å². The molecule has 2 aromatic rings. The summed E-state index contributed by atoms with van der Waals surface area (Å²) in [7, 11) is 0. The number of piperidine rings is 1. The first kappa shape index (κ1) is 27.2. The highest BCUT2D eigenvalue weighted by atomic mass is 16.6. The van der Waals surface area contributed by atoms with Crippen molar-refractivity contribution in [3.05, 3.63) is 65.2 Å². The number of carbonyl (C=O) groups excluding carboxylic acids is 3. The van der Waals surface area contributed by atoms with Crippen LogP contribution in [0.25, 0.3) is 0 Å². The molecular formula is C32H41N3O4. The van der Waals surface area contributed by atoms with Crippen molar-refractivity contribution >= 4 is 23.6 Å². The van der Waals surface area contributed by atoms with Gasteiger partial charge in [0.1, 0.15) is 5.60 Å². The summed E-state index contributed by atoms with van der Waals surface area (Å²) in [5.74, 6) is 1.86. The van der Waals surface area contributed by atoms with Crippen molar-refractivity contribution in [1.29, 1.82) is 0 Å². The fourth-order valence-corrected chi connectivity index (χ4v) is 6.57. The Hall–Kier alpha value is -3.35. The van der Waals surface area contributed by atoms with Gasteiger partial charge in [-0.2, -0.15) is 0 Å². The number of alkyl carbamates (subject to hydrolysis) is 1. The van der Waals surface area contributed by atoms with Crippen LogP contribution in [-0.2, 0) is 16.1 Å². The minimum Gasteiger partial charge on any atom is -0.444 e. The van der Waals surface area contributed by atoms with E-state index in [1.165, 1.54) is 24.8 Å². The largest absolute Gasteiger partial charge is 0.444 e. The first-order chi connectivity index (χ1) is 18.6. The fraction of sp³-hybridized carbons (Fsp3) is 0.531. The molecular weight excluding hydrogens is 490 g/mol. The number of amides is 3. The number of likely N-dealkylation sites (tertiary alicyclic amines) is 1. The molecule has 2 bridgehead atoms. The van der Waals surface area contributed by atoms with E-state index in [1.54, 1.807) is 0 Å². The number of fused-ring (bicyclic) bond motifs is 2. The Bertz CT molecular complexity index is 1210. The average molecular weight is 532 g/mol. The Kier molecular flexibility index (Phi) is 7.96. The molecule has 3 fully saturated rings. The molecule has 3 atom stereocenters. The number of hydrogen-bond donors (Lipinski definition) is 2. The standard InChI is InChI=1S/C32H41N3O4/c1-32(2,3)39-31(38)33-20-22-6-4-7-24(17-22)23-12-14-35(15-13-23)30(37)26-8-5-9-27(19-26)34-29(36)28-18-21-10-11-25(28)16-21/h4-9,17,19,21,23,25,28H,10-16,18,20H2,1-3H3,(H,33,38)(H,34,36). The predicted molar refractivity (Wildman–Crippen MR) is 151 cm³/mol. The molecule has 3 unspecified atom stereocenters. The van der Waals surface area contributed by atoms with Crippen LogP contribution in [0, 0.1) is 17.8 Å². The summed E-state index contributed by atoms with van der Waals surface area (Å²) >= 11 is 0. The Morgan fingerprint density at radius 1 is 0.949 bits per heavy atom. The third-order valence-corrected chi connectivity index (χ3v) is 8.49. The van der Waals surface area contributed by atoms with Crippen LogP contribution in [0.5, 0.6) is 0 Å². The van der Waals surface area contributed by atoms with Gasteiger partial charge in [-0.3, -0.25) is 9.59 Å². The van der Waals surface area contributed by atoms with Crippen molar-refractivity contribution < 1.29 is 19.1 Å². The number of rotatable bonds is 6. The van der Waals surface area contributed by atoms with E-state index >= 15 is 0 Å². The van der Waals surface area contributed by atoms with Crippen molar-refractivity contribution in [2.75, 3.05) is 18.4 Å². The van der Waals surface area contributed by atoms with E-state index < -0.39 is 11.7 Å². The second kappa shape index (κ2) is 11.4. The highest BCUT2D eigenvalue weighted by molar-refractivity contribution is 5.98. The zero-order chi connectivity index (χ0) is 27.6. The summed E-state index contributed by atoms with van der Waals surface area (Å²) in [5.41, 5.74) is 3.06. The number of carbonyl (C=O) groups is 3. The Morgan fingerprint density at radius 2 is 1.72 bits per heavy atom. The van der Waals surface area contributed by atoms with Crippen molar-refractivity contribution in [3.63, 3.8) is 0 Å². The molecule has 1 saturated heterocycles. The molecule has 208 valence electrons. The van der Waals surface area contributed by atoms with E-state index in [0.717, 1.165) is 30.7 Å². The molecule has 7 nitrogen and oxygen atoms in total. The van der Waals surface area contributed by atoms with Crippen LogP contribution in [0.4, 0.5) is 10.5 Å². The van der Waals surface area contributed by atoms with Crippen LogP contribution < -0.4 is 10.6 Å². The van der Waals surface area contributed by atoms with Crippen LogP contribution in [0.2, 0.25) is 0 Å². The lowest BCUT2D eigenvalue weighted by Crippen LogP contribution is -2.38. The van der Waals surface area contributed by atoms with Gasteiger partial charge in [-0.1, -0.05) is 36.8 Å². The molecule has 0 aromatic heterocycles. The van der Waals surface area contributed by atoms with Gasteiger partial charge in [0.05, 0.1) is 0 Å². The molecule has 39 heavy (non-hydrogen) atoms.